The minimum absolute atomic E-state index is 0.00355. The highest BCUT2D eigenvalue weighted by atomic mass is 32.1. The van der Waals surface area contributed by atoms with Crippen molar-refractivity contribution in [1.29, 1.82) is 5.26 Å². The van der Waals surface area contributed by atoms with E-state index in [1.807, 2.05) is 31.2 Å². The standard InChI is InChI=1S/C19H18N2O4S/c1-4-24-19(22)14-10(2)26-17-15(11-6-5-7-12(8-11)23-3)13(9-20)18(21)25-16(14)17/h5-8,15H,4,21H2,1-3H3. The van der Waals surface area contributed by atoms with Gasteiger partial charge in [0.2, 0.25) is 5.88 Å². The number of esters is 1. The summed E-state index contributed by atoms with van der Waals surface area (Å²) >= 11 is 1.40. The van der Waals surface area contributed by atoms with Crippen molar-refractivity contribution in [2.45, 2.75) is 19.8 Å². The molecule has 0 radical (unpaired) electrons. The molecule has 1 atom stereocenters. The number of hydrogen-bond acceptors (Lipinski definition) is 7. The molecule has 3 rings (SSSR count). The fraction of sp³-hybridized carbons (Fsp3) is 0.263. The first kappa shape index (κ1) is 17.8. The first-order valence-corrected chi connectivity index (χ1v) is 8.85. The van der Waals surface area contributed by atoms with Gasteiger partial charge in [-0.1, -0.05) is 12.1 Å². The van der Waals surface area contributed by atoms with Crippen LogP contribution in [0.1, 0.15) is 38.5 Å². The summed E-state index contributed by atoms with van der Waals surface area (Å²) in [5.41, 5.74) is 7.52. The number of rotatable bonds is 4. The Bertz CT molecular complexity index is 940. The van der Waals surface area contributed by atoms with Crippen LogP contribution in [0, 0.1) is 18.3 Å². The number of allylic oxidation sites excluding steroid dienone is 1. The van der Waals surface area contributed by atoms with Gasteiger partial charge in [-0.15, -0.1) is 11.3 Å². The maximum atomic E-state index is 12.4. The van der Waals surface area contributed by atoms with Crippen molar-refractivity contribution in [3.8, 4) is 17.6 Å². The number of methoxy groups -OCH3 is 1. The molecule has 2 N–H and O–H groups in total. The zero-order valence-corrected chi connectivity index (χ0v) is 15.5. The Balaban J connectivity index is 2.21. The van der Waals surface area contributed by atoms with Crippen molar-refractivity contribution in [1.82, 2.24) is 0 Å². The first-order valence-electron chi connectivity index (χ1n) is 8.03. The van der Waals surface area contributed by atoms with Gasteiger partial charge in [-0.2, -0.15) is 5.26 Å². The predicted molar refractivity (Wildman–Crippen MR) is 97.3 cm³/mol. The molecule has 7 heteroatoms. The third-order valence-corrected chi connectivity index (χ3v) is 5.27. The lowest BCUT2D eigenvalue weighted by molar-refractivity contribution is 0.0522. The molecule has 0 saturated heterocycles. The van der Waals surface area contributed by atoms with E-state index in [0.29, 0.717) is 22.6 Å². The highest BCUT2D eigenvalue weighted by molar-refractivity contribution is 7.12. The number of aryl methyl sites for hydroxylation is 1. The molecule has 1 aromatic heterocycles. The van der Waals surface area contributed by atoms with Crippen LogP contribution in [0.2, 0.25) is 0 Å². The number of hydrogen-bond donors (Lipinski definition) is 1. The van der Waals surface area contributed by atoms with Gasteiger partial charge in [0.05, 0.1) is 24.5 Å². The second kappa shape index (κ2) is 7.10. The molecule has 1 aliphatic heterocycles. The van der Waals surface area contributed by atoms with Gasteiger partial charge in [-0.3, -0.25) is 0 Å². The molecular formula is C19H18N2O4S. The number of ether oxygens (including phenoxy) is 3. The number of nitriles is 1. The molecule has 2 aromatic rings. The minimum atomic E-state index is -0.458. The van der Waals surface area contributed by atoms with Crippen molar-refractivity contribution in [2.75, 3.05) is 13.7 Å². The second-order valence-electron chi connectivity index (χ2n) is 5.65. The van der Waals surface area contributed by atoms with Gasteiger partial charge in [0.1, 0.15) is 23.0 Å². The van der Waals surface area contributed by atoms with Crippen LogP contribution in [0.5, 0.6) is 11.5 Å². The molecule has 1 unspecified atom stereocenters. The van der Waals surface area contributed by atoms with Crippen molar-refractivity contribution in [3.63, 3.8) is 0 Å². The van der Waals surface area contributed by atoms with Crippen LogP contribution in [-0.4, -0.2) is 19.7 Å². The third kappa shape index (κ3) is 2.89. The molecule has 1 aliphatic rings. The van der Waals surface area contributed by atoms with Crippen molar-refractivity contribution in [3.05, 3.63) is 56.6 Å². The molecule has 0 aliphatic carbocycles. The molecule has 0 spiro atoms. The molecular weight excluding hydrogens is 352 g/mol. The van der Waals surface area contributed by atoms with Crippen molar-refractivity contribution < 1.29 is 19.0 Å². The number of nitrogens with zero attached hydrogens (tertiary/aromatic N) is 1. The number of benzene rings is 1. The second-order valence-corrected chi connectivity index (χ2v) is 6.90. The molecule has 0 amide bonds. The van der Waals surface area contributed by atoms with E-state index in [1.165, 1.54) is 11.3 Å². The summed E-state index contributed by atoms with van der Waals surface area (Å²) in [5.74, 6) is 0.155. The Morgan fingerprint density at radius 2 is 2.23 bits per heavy atom. The maximum Gasteiger partial charge on any atom is 0.343 e. The number of nitrogens with two attached hydrogens (primary N) is 1. The van der Waals surface area contributed by atoms with Crippen LogP contribution in [0.4, 0.5) is 0 Å². The highest BCUT2D eigenvalue weighted by Gasteiger charge is 2.37. The lowest BCUT2D eigenvalue weighted by Crippen LogP contribution is -2.21. The summed E-state index contributed by atoms with van der Waals surface area (Å²) in [5, 5.41) is 9.63. The Kier molecular flexibility index (Phi) is 4.87. The fourth-order valence-electron chi connectivity index (χ4n) is 2.97. The molecule has 0 bridgehead atoms. The number of thiophene rings is 1. The van der Waals surface area contributed by atoms with Gasteiger partial charge >= 0.3 is 5.97 Å². The van der Waals surface area contributed by atoms with Gasteiger partial charge < -0.3 is 19.9 Å². The normalized spacial score (nSPS) is 15.7. The lowest BCUT2D eigenvalue weighted by atomic mass is 9.88. The maximum absolute atomic E-state index is 12.4. The van der Waals surface area contributed by atoms with Gasteiger partial charge in [-0.05, 0) is 31.5 Å². The average Bonchev–Trinajstić information content (AvgIpc) is 2.96. The van der Waals surface area contributed by atoms with Gasteiger partial charge in [0.15, 0.2) is 5.75 Å². The highest BCUT2D eigenvalue weighted by Crippen LogP contribution is 2.49. The van der Waals surface area contributed by atoms with E-state index in [1.54, 1.807) is 14.0 Å². The Labute approximate surface area is 155 Å². The van der Waals surface area contributed by atoms with Gasteiger partial charge in [0.25, 0.3) is 0 Å². The summed E-state index contributed by atoms with van der Waals surface area (Å²) in [7, 11) is 1.58. The quantitative estimate of drug-likeness (QED) is 0.828. The summed E-state index contributed by atoms with van der Waals surface area (Å²) in [4.78, 5) is 13.9. The summed E-state index contributed by atoms with van der Waals surface area (Å²) in [6.45, 7) is 3.83. The number of carbonyl (C=O) groups is 1. The molecule has 1 aromatic carbocycles. The van der Waals surface area contributed by atoms with Gasteiger partial charge in [0, 0.05) is 4.88 Å². The first-order chi connectivity index (χ1) is 12.5. The van der Waals surface area contributed by atoms with E-state index < -0.39 is 11.9 Å². The van der Waals surface area contributed by atoms with E-state index in [4.69, 9.17) is 19.9 Å². The van der Waals surface area contributed by atoms with Crippen molar-refractivity contribution >= 4 is 17.3 Å². The third-order valence-electron chi connectivity index (χ3n) is 4.12. The zero-order chi connectivity index (χ0) is 18.8. The number of carbonyl (C=O) groups excluding carboxylic acids is 1. The zero-order valence-electron chi connectivity index (χ0n) is 14.7. The van der Waals surface area contributed by atoms with E-state index in [9.17, 15) is 10.1 Å². The van der Waals surface area contributed by atoms with E-state index >= 15 is 0 Å². The SMILES string of the molecule is CCOC(=O)c1c(C)sc2c1OC(N)=C(C#N)C2c1cccc(OC)c1. The van der Waals surface area contributed by atoms with Crippen LogP contribution < -0.4 is 15.2 Å². The van der Waals surface area contributed by atoms with Crippen LogP contribution in [-0.2, 0) is 4.74 Å². The summed E-state index contributed by atoms with van der Waals surface area (Å²) < 4.78 is 16.1. The van der Waals surface area contributed by atoms with E-state index in [-0.39, 0.29) is 12.5 Å². The molecule has 2 heterocycles. The van der Waals surface area contributed by atoms with Crippen LogP contribution in [0.25, 0.3) is 0 Å². The molecule has 0 saturated carbocycles. The van der Waals surface area contributed by atoms with E-state index in [0.717, 1.165) is 15.3 Å². The molecule has 6 nitrogen and oxygen atoms in total. The Morgan fingerprint density at radius 1 is 1.46 bits per heavy atom. The topological polar surface area (TPSA) is 94.6 Å². The Hall–Kier alpha value is -2.98. The largest absolute Gasteiger partial charge is 0.497 e. The molecule has 134 valence electrons. The van der Waals surface area contributed by atoms with Crippen LogP contribution >= 0.6 is 11.3 Å². The smallest absolute Gasteiger partial charge is 0.343 e. The monoisotopic (exact) mass is 370 g/mol. The molecule has 0 fully saturated rings. The lowest BCUT2D eigenvalue weighted by Gasteiger charge is -2.24. The van der Waals surface area contributed by atoms with E-state index in [2.05, 4.69) is 6.07 Å². The Morgan fingerprint density at radius 3 is 2.88 bits per heavy atom. The van der Waals surface area contributed by atoms with Crippen molar-refractivity contribution in [2.24, 2.45) is 5.73 Å². The van der Waals surface area contributed by atoms with Crippen LogP contribution in [0.3, 0.4) is 0 Å². The molecule has 26 heavy (non-hydrogen) atoms. The summed E-state index contributed by atoms with van der Waals surface area (Å²) in [6, 6.07) is 9.56. The van der Waals surface area contributed by atoms with Crippen LogP contribution in [0.15, 0.2) is 35.7 Å². The minimum Gasteiger partial charge on any atom is -0.497 e. The average molecular weight is 370 g/mol. The summed E-state index contributed by atoms with van der Waals surface area (Å²) in [6.07, 6.45) is 0. The predicted octanol–water partition coefficient (Wildman–Crippen LogP) is 3.46. The fourth-order valence-corrected chi connectivity index (χ4v) is 4.19. The number of fused-ring (bicyclic) bond motifs is 1. The van der Waals surface area contributed by atoms with Gasteiger partial charge in [-0.25, -0.2) is 4.79 Å².